The third-order valence-corrected chi connectivity index (χ3v) is 14.8. The molecule has 1 heterocycles. The Morgan fingerprint density at radius 2 is 0.897 bits per heavy atom. The van der Waals surface area contributed by atoms with E-state index in [9.17, 15) is 0 Å². The monoisotopic (exact) mass is 660 g/mol. The van der Waals surface area contributed by atoms with Gasteiger partial charge in [0, 0.05) is 0 Å². The van der Waals surface area contributed by atoms with E-state index in [2.05, 4.69) is 88.4 Å². The Labute approximate surface area is 266 Å². The third-order valence-electron chi connectivity index (χ3n) is 9.14. The van der Waals surface area contributed by atoms with Crippen LogP contribution in [-0.4, -0.2) is 9.73 Å². The number of benzene rings is 2. The van der Waals surface area contributed by atoms with Crippen molar-refractivity contribution >= 4 is 45.3 Å². The number of rotatable bonds is 2. The average molecular weight is 663 g/mol. The van der Waals surface area contributed by atoms with E-state index in [-0.39, 0.29) is 24.8 Å². The number of halogens is 2. The molecule has 4 aliphatic carbocycles. The maximum atomic E-state index is 6.19. The molecule has 0 radical (unpaired) electrons. The zero-order chi connectivity index (χ0) is 25.6. The SMILES string of the molecule is CC1=[C]2[Zr+2][C]3=C(C)C(=S)C4=C(C)C(=C(c5ccccc5)C34)CCC3=C(c4ccccc4)C2C(=C3C)C1=S.[Cl-].[Cl-]. The summed E-state index contributed by atoms with van der Waals surface area (Å²) in [6, 6.07) is 22.3. The molecule has 0 saturated heterocycles. The largest absolute Gasteiger partial charge is 1.00 e. The van der Waals surface area contributed by atoms with E-state index in [4.69, 9.17) is 24.4 Å². The van der Waals surface area contributed by atoms with E-state index in [1.807, 2.05) is 0 Å². The van der Waals surface area contributed by atoms with Gasteiger partial charge in [-0.25, -0.2) is 0 Å². The Balaban J connectivity index is 0.00000154. The molecule has 0 aromatic heterocycles. The van der Waals surface area contributed by atoms with Crippen LogP contribution >= 0.6 is 24.4 Å². The van der Waals surface area contributed by atoms with Crippen molar-refractivity contribution in [3.05, 3.63) is 123 Å². The molecule has 5 heteroatoms. The molecule has 4 bridgehead atoms. The van der Waals surface area contributed by atoms with Gasteiger partial charge in [-0.1, -0.05) is 0 Å². The van der Waals surface area contributed by atoms with Crippen LogP contribution in [0.25, 0.3) is 11.1 Å². The fourth-order valence-corrected chi connectivity index (χ4v) is 12.9. The molecule has 2 aromatic rings. The fourth-order valence-electron chi connectivity index (χ4n) is 7.35. The van der Waals surface area contributed by atoms with Crippen LogP contribution < -0.4 is 24.8 Å². The van der Waals surface area contributed by atoms with Gasteiger partial charge in [-0.05, 0) is 0 Å². The van der Waals surface area contributed by atoms with E-state index < -0.39 is 23.2 Å². The van der Waals surface area contributed by atoms with Crippen molar-refractivity contribution in [2.45, 2.75) is 40.5 Å². The first-order chi connectivity index (χ1) is 17.9. The van der Waals surface area contributed by atoms with Crippen LogP contribution in [0.4, 0.5) is 0 Å². The van der Waals surface area contributed by atoms with Crippen LogP contribution in [0, 0.1) is 11.8 Å². The Bertz CT molecular complexity index is 1530. The van der Waals surface area contributed by atoms with Gasteiger partial charge in [-0.2, -0.15) is 0 Å². The fraction of sp³-hybridized carbons (Fsp3) is 0.235. The van der Waals surface area contributed by atoms with Crippen molar-refractivity contribution in [2.24, 2.45) is 11.8 Å². The molecule has 0 nitrogen and oxygen atoms in total. The molecular weight excluding hydrogens is 635 g/mol. The predicted octanol–water partition coefficient (Wildman–Crippen LogP) is 2.99. The average Bonchev–Trinajstić information content (AvgIpc) is 3.53. The standard InChI is InChI=1S/C34H28S2.2ClH.Zr/c1-19-17-27-29(33(19)35)21(3)25(31(27)23-11-7-5-8-12-23)15-16-26-22(4)30-28(18-20(2)34(30)36)32(26)24-13-9-6-10-14-24;;;/h5-14,27-28H,15-16H2,1-4H3;2*1H;/q;;;+2/p-2. The number of hydrogen-bond acceptors (Lipinski definition) is 2. The van der Waals surface area contributed by atoms with Crippen LogP contribution in [0.15, 0.2) is 112 Å². The third kappa shape index (κ3) is 4.06. The van der Waals surface area contributed by atoms with Crippen LogP contribution in [0.5, 0.6) is 0 Å². The molecule has 2 unspecified atom stereocenters. The molecule has 0 N–H and O–H groups in total. The second-order valence-corrected chi connectivity index (χ2v) is 14.9. The van der Waals surface area contributed by atoms with Gasteiger partial charge in [-0.15, -0.1) is 0 Å². The van der Waals surface area contributed by atoms with Crippen molar-refractivity contribution in [2.75, 3.05) is 0 Å². The molecule has 7 rings (SSSR count). The molecular formula is C34H28Cl2S2Zr. The van der Waals surface area contributed by atoms with Gasteiger partial charge < -0.3 is 24.8 Å². The van der Waals surface area contributed by atoms with Gasteiger partial charge in [-0.3, -0.25) is 0 Å². The van der Waals surface area contributed by atoms with Crippen molar-refractivity contribution < 1.29 is 48.0 Å². The Morgan fingerprint density at radius 1 is 0.538 bits per heavy atom. The normalized spacial score (nSPS) is 23.3. The van der Waals surface area contributed by atoms with Crippen LogP contribution in [0.2, 0.25) is 0 Å². The van der Waals surface area contributed by atoms with E-state index in [0.29, 0.717) is 11.8 Å². The summed E-state index contributed by atoms with van der Waals surface area (Å²) in [6.07, 6.45) is 2.09. The van der Waals surface area contributed by atoms with Gasteiger partial charge in [0.2, 0.25) is 0 Å². The number of hydrogen-bond donors (Lipinski definition) is 0. The van der Waals surface area contributed by atoms with Gasteiger partial charge in [0.1, 0.15) is 0 Å². The Hall–Kier alpha value is -1.48. The van der Waals surface area contributed by atoms with Gasteiger partial charge in [0.25, 0.3) is 0 Å². The van der Waals surface area contributed by atoms with Gasteiger partial charge >= 0.3 is 244 Å². The molecule has 194 valence electrons. The van der Waals surface area contributed by atoms with E-state index in [1.165, 1.54) is 66.9 Å². The molecule has 0 fully saturated rings. The second-order valence-electron chi connectivity index (χ2n) is 10.8. The summed E-state index contributed by atoms with van der Waals surface area (Å²) in [6.45, 7) is 9.29. The minimum atomic E-state index is -1.17. The van der Waals surface area contributed by atoms with Gasteiger partial charge in [0.15, 0.2) is 0 Å². The number of thiocarbonyl (C=S) groups is 2. The Kier molecular flexibility index (Phi) is 7.99. The first-order valence-electron chi connectivity index (χ1n) is 13.2. The van der Waals surface area contributed by atoms with Crippen LogP contribution in [0.1, 0.15) is 51.7 Å². The molecule has 2 atom stereocenters. The molecule has 0 spiro atoms. The second kappa shape index (κ2) is 10.7. The first-order valence-corrected chi connectivity index (χ1v) is 16.4. The smallest absolute Gasteiger partial charge is 1.00 e. The maximum Gasteiger partial charge on any atom is -1.00 e. The summed E-state index contributed by atoms with van der Waals surface area (Å²) < 4.78 is 3.33. The summed E-state index contributed by atoms with van der Waals surface area (Å²) in [5.74, 6) is 0.697. The summed E-state index contributed by atoms with van der Waals surface area (Å²) in [7, 11) is 0. The molecule has 2 aromatic carbocycles. The minimum Gasteiger partial charge on any atom is -1.00 e. The topological polar surface area (TPSA) is 0 Å². The van der Waals surface area contributed by atoms with Crippen molar-refractivity contribution in [3.8, 4) is 0 Å². The zero-order valence-corrected chi connectivity index (χ0v) is 28.0. The molecule has 0 saturated carbocycles. The van der Waals surface area contributed by atoms with Crippen molar-refractivity contribution in [1.29, 1.82) is 0 Å². The molecule has 1 aliphatic heterocycles. The van der Waals surface area contributed by atoms with Crippen molar-refractivity contribution in [3.63, 3.8) is 0 Å². The summed E-state index contributed by atoms with van der Waals surface area (Å²) in [5.41, 5.74) is 17.4. The quantitative estimate of drug-likeness (QED) is 0.454. The zero-order valence-electron chi connectivity index (χ0n) is 22.4. The van der Waals surface area contributed by atoms with E-state index in [0.717, 1.165) is 22.6 Å². The molecule has 0 amide bonds. The first kappa shape index (κ1) is 29.0. The van der Waals surface area contributed by atoms with Gasteiger partial charge in [0.05, 0.1) is 0 Å². The van der Waals surface area contributed by atoms with Crippen LogP contribution in [0.3, 0.4) is 0 Å². The van der Waals surface area contributed by atoms with Crippen molar-refractivity contribution in [1.82, 2.24) is 0 Å². The molecule has 39 heavy (non-hydrogen) atoms. The van der Waals surface area contributed by atoms with E-state index >= 15 is 0 Å². The maximum absolute atomic E-state index is 6.19. The minimum absolute atomic E-state index is 0. The summed E-state index contributed by atoms with van der Waals surface area (Å²) in [5, 5.41) is 0. The number of allylic oxidation sites excluding steroid dienone is 12. The molecule has 5 aliphatic rings. The summed E-state index contributed by atoms with van der Waals surface area (Å²) >= 11 is 11.2. The Morgan fingerprint density at radius 3 is 1.26 bits per heavy atom. The predicted molar refractivity (Wildman–Crippen MR) is 159 cm³/mol. The van der Waals surface area contributed by atoms with E-state index in [1.54, 1.807) is 6.56 Å². The van der Waals surface area contributed by atoms with Crippen LogP contribution in [-0.2, 0) is 23.2 Å². The summed E-state index contributed by atoms with van der Waals surface area (Å²) in [4.78, 5) is 2.24.